The lowest BCUT2D eigenvalue weighted by Gasteiger charge is -2.11. The standard InChI is InChI=1S/C16H19N3O3S2/c1-2-23-16-19-18-15(24-16)17-14(20)11-5-7-12(8-6-11)22-10-13-4-3-9-21-13/h5-8,13H,2-4,9-10H2,1H3,(H,17,18,20)/t13-/m0/s1. The van der Waals surface area contributed by atoms with Gasteiger partial charge in [-0.05, 0) is 42.9 Å². The molecule has 0 unspecified atom stereocenters. The number of hydrogen-bond acceptors (Lipinski definition) is 7. The van der Waals surface area contributed by atoms with E-state index in [0.717, 1.165) is 35.3 Å². The summed E-state index contributed by atoms with van der Waals surface area (Å²) >= 11 is 2.98. The van der Waals surface area contributed by atoms with Gasteiger partial charge in [0.1, 0.15) is 12.4 Å². The Labute approximate surface area is 149 Å². The van der Waals surface area contributed by atoms with Crippen molar-refractivity contribution < 1.29 is 14.3 Å². The predicted octanol–water partition coefficient (Wildman–Crippen LogP) is 3.46. The van der Waals surface area contributed by atoms with Crippen LogP contribution in [0.3, 0.4) is 0 Å². The third kappa shape index (κ3) is 4.68. The highest BCUT2D eigenvalue weighted by molar-refractivity contribution is 8.01. The highest BCUT2D eigenvalue weighted by atomic mass is 32.2. The van der Waals surface area contributed by atoms with Gasteiger partial charge in [-0.3, -0.25) is 10.1 Å². The molecule has 3 rings (SSSR count). The summed E-state index contributed by atoms with van der Waals surface area (Å²) in [4.78, 5) is 12.2. The zero-order valence-electron chi connectivity index (χ0n) is 13.4. The quantitative estimate of drug-likeness (QED) is 0.598. The molecule has 1 aromatic heterocycles. The minimum Gasteiger partial charge on any atom is -0.491 e. The second-order valence-corrected chi connectivity index (χ2v) is 7.72. The topological polar surface area (TPSA) is 73.3 Å². The van der Waals surface area contributed by atoms with E-state index in [0.29, 0.717) is 17.3 Å². The molecule has 2 aromatic rings. The van der Waals surface area contributed by atoms with Gasteiger partial charge in [0.05, 0.1) is 6.10 Å². The largest absolute Gasteiger partial charge is 0.491 e. The van der Waals surface area contributed by atoms with Crippen molar-refractivity contribution in [1.29, 1.82) is 0 Å². The van der Waals surface area contributed by atoms with Gasteiger partial charge in [0.15, 0.2) is 4.34 Å². The maximum atomic E-state index is 12.2. The third-order valence-electron chi connectivity index (χ3n) is 3.47. The highest BCUT2D eigenvalue weighted by Gasteiger charge is 2.16. The van der Waals surface area contributed by atoms with E-state index in [2.05, 4.69) is 15.5 Å². The van der Waals surface area contributed by atoms with E-state index in [1.165, 1.54) is 11.3 Å². The minimum atomic E-state index is -0.204. The maximum absolute atomic E-state index is 12.2. The zero-order chi connectivity index (χ0) is 16.8. The summed E-state index contributed by atoms with van der Waals surface area (Å²) in [6.45, 7) is 3.41. The number of thioether (sulfide) groups is 1. The second-order valence-electron chi connectivity index (χ2n) is 5.23. The molecule has 0 radical (unpaired) electrons. The second kappa shape index (κ2) is 8.46. The smallest absolute Gasteiger partial charge is 0.257 e. The van der Waals surface area contributed by atoms with Crippen LogP contribution in [0.15, 0.2) is 28.6 Å². The third-order valence-corrected chi connectivity index (χ3v) is 5.33. The molecular weight excluding hydrogens is 346 g/mol. The first-order valence-corrected chi connectivity index (χ1v) is 9.67. The lowest BCUT2D eigenvalue weighted by Crippen LogP contribution is -2.16. The number of hydrogen-bond donors (Lipinski definition) is 1. The van der Waals surface area contributed by atoms with Crippen molar-refractivity contribution >= 4 is 34.1 Å². The maximum Gasteiger partial charge on any atom is 0.257 e. The van der Waals surface area contributed by atoms with Crippen LogP contribution in [0.5, 0.6) is 5.75 Å². The van der Waals surface area contributed by atoms with Gasteiger partial charge in [0, 0.05) is 12.2 Å². The molecular formula is C16H19N3O3S2. The van der Waals surface area contributed by atoms with E-state index < -0.39 is 0 Å². The van der Waals surface area contributed by atoms with Crippen LogP contribution in [0.2, 0.25) is 0 Å². The van der Waals surface area contributed by atoms with Crippen molar-refractivity contribution in [2.24, 2.45) is 0 Å². The Morgan fingerprint density at radius 3 is 2.96 bits per heavy atom. The van der Waals surface area contributed by atoms with Crippen molar-refractivity contribution in [1.82, 2.24) is 10.2 Å². The Morgan fingerprint density at radius 2 is 2.25 bits per heavy atom. The van der Waals surface area contributed by atoms with Gasteiger partial charge in [-0.15, -0.1) is 10.2 Å². The monoisotopic (exact) mass is 365 g/mol. The number of amides is 1. The fourth-order valence-electron chi connectivity index (χ4n) is 2.28. The molecule has 8 heteroatoms. The van der Waals surface area contributed by atoms with Gasteiger partial charge in [0.2, 0.25) is 5.13 Å². The lowest BCUT2D eigenvalue weighted by atomic mass is 10.2. The van der Waals surface area contributed by atoms with Crippen molar-refractivity contribution in [3.05, 3.63) is 29.8 Å². The summed E-state index contributed by atoms with van der Waals surface area (Å²) < 4.78 is 12.1. The van der Waals surface area contributed by atoms with Gasteiger partial charge in [-0.2, -0.15) is 0 Å². The number of nitrogens with zero attached hydrogens (tertiary/aromatic N) is 2. The molecule has 2 heterocycles. The van der Waals surface area contributed by atoms with Gasteiger partial charge in [0.25, 0.3) is 5.91 Å². The lowest BCUT2D eigenvalue weighted by molar-refractivity contribution is 0.0679. The first-order chi connectivity index (χ1) is 11.7. The average Bonchev–Trinajstić information content (AvgIpc) is 3.26. The molecule has 1 aliphatic rings. The number of carbonyl (C=O) groups excluding carboxylic acids is 1. The number of aromatic nitrogens is 2. The van der Waals surface area contributed by atoms with E-state index in [4.69, 9.17) is 9.47 Å². The molecule has 128 valence electrons. The van der Waals surface area contributed by atoms with Crippen LogP contribution in [0.4, 0.5) is 5.13 Å². The summed E-state index contributed by atoms with van der Waals surface area (Å²) in [7, 11) is 0. The molecule has 1 amide bonds. The Kier molecular flexibility index (Phi) is 6.06. The predicted molar refractivity (Wildman–Crippen MR) is 95.2 cm³/mol. The molecule has 1 aliphatic heterocycles. The SMILES string of the molecule is CCSc1nnc(NC(=O)c2ccc(OC[C@@H]3CCCO3)cc2)s1. The van der Waals surface area contributed by atoms with Crippen LogP contribution in [0.25, 0.3) is 0 Å². The van der Waals surface area contributed by atoms with Gasteiger partial charge >= 0.3 is 0 Å². The first-order valence-electron chi connectivity index (χ1n) is 7.86. The molecule has 0 saturated carbocycles. The summed E-state index contributed by atoms with van der Waals surface area (Å²) in [6.07, 6.45) is 2.32. The molecule has 1 saturated heterocycles. The number of rotatable bonds is 7. The van der Waals surface area contributed by atoms with Crippen molar-refractivity contribution in [3.63, 3.8) is 0 Å². The van der Waals surface area contributed by atoms with E-state index in [9.17, 15) is 4.79 Å². The number of carbonyl (C=O) groups is 1. The number of benzene rings is 1. The number of anilines is 1. The normalized spacial score (nSPS) is 17.0. The van der Waals surface area contributed by atoms with Crippen LogP contribution in [0.1, 0.15) is 30.1 Å². The van der Waals surface area contributed by atoms with Crippen LogP contribution in [0, 0.1) is 0 Å². The van der Waals surface area contributed by atoms with Crippen molar-refractivity contribution in [2.45, 2.75) is 30.2 Å². The number of nitrogens with one attached hydrogen (secondary N) is 1. The Morgan fingerprint density at radius 1 is 1.42 bits per heavy atom. The molecule has 1 fully saturated rings. The zero-order valence-corrected chi connectivity index (χ0v) is 15.0. The Bertz CT molecular complexity index is 669. The molecule has 0 aliphatic carbocycles. The fourth-order valence-corrected chi connectivity index (χ4v) is 3.92. The molecule has 1 N–H and O–H groups in total. The first kappa shape index (κ1) is 17.2. The summed E-state index contributed by atoms with van der Waals surface area (Å²) in [5, 5.41) is 11.3. The van der Waals surface area contributed by atoms with Gasteiger partial charge in [-0.1, -0.05) is 30.0 Å². The Hall–Kier alpha value is -1.64. The minimum absolute atomic E-state index is 0.181. The molecule has 0 bridgehead atoms. The van der Waals surface area contributed by atoms with Gasteiger partial charge < -0.3 is 9.47 Å². The van der Waals surface area contributed by atoms with Gasteiger partial charge in [-0.25, -0.2) is 0 Å². The Balaban J connectivity index is 1.52. The van der Waals surface area contributed by atoms with Crippen molar-refractivity contribution in [3.8, 4) is 5.75 Å². The summed E-state index contributed by atoms with van der Waals surface area (Å²) in [5.41, 5.74) is 0.555. The fraction of sp³-hybridized carbons (Fsp3) is 0.438. The summed E-state index contributed by atoms with van der Waals surface area (Å²) in [5.74, 6) is 1.46. The van der Waals surface area contributed by atoms with Crippen LogP contribution < -0.4 is 10.1 Å². The molecule has 24 heavy (non-hydrogen) atoms. The van der Waals surface area contributed by atoms with Crippen LogP contribution in [-0.4, -0.2) is 41.2 Å². The number of ether oxygens (including phenoxy) is 2. The van der Waals surface area contributed by atoms with Crippen LogP contribution in [-0.2, 0) is 4.74 Å². The van der Waals surface area contributed by atoms with E-state index in [1.54, 1.807) is 36.0 Å². The van der Waals surface area contributed by atoms with E-state index in [1.807, 2.05) is 6.92 Å². The van der Waals surface area contributed by atoms with E-state index in [-0.39, 0.29) is 12.0 Å². The summed E-state index contributed by atoms with van der Waals surface area (Å²) in [6, 6.07) is 7.07. The van der Waals surface area contributed by atoms with Crippen molar-refractivity contribution in [2.75, 3.05) is 24.3 Å². The highest BCUT2D eigenvalue weighted by Crippen LogP contribution is 2.25. The van der Waals surface area contributed by atoms with E-state index >= 15 is 0 Å². The molecule has 6 nitrogen and oxygen atoms in total. The average molecular weight is 365 g/mol. The molecule has 0 spiro atoms. The molecule has 1 atom stereocenters. The molecule has 1 aromatic carbocycles. The van der Waals surface area contributed by atoms with Crippen LogP contribution >= 0.6 is 23.1 Å².